The summed E-state index contributed by atoms with van der Waals surface area (Å²) in [4.78, 5) is 28.6. The molecule has 2 aromatic rings. The predicted octanol–water partition coefficient (Wildman–Crippen LogP) is 4.83. The third-order valence-corrected chi connectivity index (χ3v) is 7.87. The van der Waals surface area contributed by atoms with Gasteiger partial charge in [-0.25, -0.2) is 0 Å². The largest absolute Gasteiger partial charge is 0.391 e. The fraction of sp³-hybridized carbons (Fsp3) is 0.471. The van der Waals surface area contributed by atoms with E-state index in [1.807, 2.05) is 47.4 Å². The first kappa shape index (κ1) is 31.3. The summed E-state index contributed by atoms with van der Waals surface area (Å²) in [6.45, 7) is 6.56. The maximum absolute atomic E-state index is 13.5. The van der Waals surface area contributed by atoms with E-state index in [0.717, 1.165) is 44.2 Å². The Morgan fingerprint density at radius 2 is 1.60 bits per heavy atom. The van der Waals surface area contributed by atoms with E-state index < -0.39 is 23.3 Å². The molecule has 2 aromatic carbocycles. The number of nitrogens with two attached hydrogens (primary N) is 1. The van der Waals surface area contributed by atoms with Crippen molar-refractivity contribution in [2.75, 3.05) is 26.2 Å². The maximum atomic E-state index is 13.5. The fourth-order valence-corrected chi connectivity index (χ4v) is 5.73. The number of hydrogen-bond donors (Lipinski definition) is 3. The zero-order valence-corrected chi connectivity index (χ0v) is 24.2. The molecule has 0 aliphatic heterocycles. The van der Waals surface area contributed by atoms with Gasteiger partial charge in [0.05, 0.1) is 11.5 Å². The van der Waals surface area contributed by atoms with Crippen LogP contribution in [-0.4, -0.2) is 54.1 Å². The Morgan fingerprint density at radius 3 is 2.20 bits per heavy atom. The first-order valence-corrected chi connectivity index (χ1v) is 14.9. The first-order chi connectivity index (χ1) is 19.4. The highest BCUT2D eigenvalue weighted by atomic mass is 16.3. The van der Waals surface area contributed by atoms with Gasteiger partial charge in [0, 0.05) is 31.1 Å². The number of hydrogen-bond acceptors (Lipinski definition) is 4. The van der Waals surface area contributed by atoms with Gasteiger partial charge < -0.3 is 21.1 Å². The SMILES string of the molecule is CCCN(CCC)C(=O)C1=CC=CC(C(N)=O)([C@H](Cc2ccccc2)[C@@H](O)CNCCCCc2ccccc2)C1. The lowest BCUT2D eigenvalue weighted by atomic mass is 9.64. The molecular weight excluding hydrogens is 498 g/mol. The minimum Gasteiger partial charge on any atom is -0.391 e. The summed E-state index contributed by atoms with van der Waals surface area (Å²) in [5.41, 5.74) is 7.87. The van der Waals surface area contributed by atoms with Gasteiger partial charge in [0.1, 0.15) is 0 Å². The van der Waals surface area contributed by atoms with Crippen molar-refractivity contribution in [3.63, 3.8) is 0 Å². The number of nitrogens with zero attached hydrogens (tertiary/aromatic N) is 1. The Hall–Kier alpha value is -3.22. The van der Waals surface area contributed by atoms with E-state index in [1.54, 1.807) is 12.2 Å². The van der Waals surface area contributed by atoms with Crippen molar-refractivity contribution in [2.24, 2.45) is 17.1 Å². The van der Waals surface area contributed by atoms with E-state index in [2.05, 4.69) is 43.4 Å². The number of unbranched alkanes of at least 4 members (excludes halogenated alkanes) is 1. The van der Waals surface area contributed by atoms with Crippen LogP contribution in [0.1, 0.15) is 57.1 Å². The lowest BCUT2D eigenvalue weighted by Gasteiger charge is -2.41. The number of nitrogens with one attached hydrogen (secondary N) is 1. The average Bonchev–Trinajstić information content (AvgIpc) is 2.98. The molecule has 0 radical (unpaired) electrons. The molecule has 0 saturated carbocycles. The van der Waals surface area contributed by atoms with Crippen LogP contribution in [0.3, 0.4) is 0 Å². The number of aliphatic hydroxyl groups is 1. The van der Waals surface area contributed by atoms with E-state index in [0.29, 0.717) is 31.6 Å². The monoisotopic (exact) mass is 545 g/mol. The van der Waals surface area contributed by atoms with Gasteiger partial charge >= 0.3 is 0 Å². The molecule has 2 amide bonds. The van der Waals surface area contributed by atoms with Crippen LogP contribution >= 0.6 is 0 Å². The van der Waals surface area contributed by atoms with Crippen molar-refractivity contribution < 1.29 is 14.7 Å². The number of rotatable bonds is 17. The topological polar surface area (TPSA) is 95.7 Å². The fourth-order valence-electron chi connectivity index (χ4n) is 5.73. The van der Waals surface area contributed by atoms with Crippen molar-refractivity contribution in [1.29, 1.82) is 0 Å². The van der Waals surface area contributed by atoms with Crippen molar-refractivity contribution >= 4 is 11.8 Å². The summed E-state index contributed by atoms with van der Waals surface area (Å²) >= 11 is 0. The quantitative estimate of drug-likeness (QED) is 0.248. The molecule has 0 fully saturated rings. The molecule has 3 rings (SSSR count). The van der Waals surface area contributed by atoms with Gasteiger partial charge in [-0.1, -0.05) is 92.7 Å². The van der Waals surface area contributed by atoms with Gasteiger partial charge in [-0.15, -0.1) is 0 Å². The van der Waals surface area contributed by atoms with Crippen LogP contribution in [0.5, 0.6) is 0 Å². The normalized spacial score (nSPS) is 18.1. The summed E-state index contributed by atoms with van der Waals surface area (Å²) in [6, 6.07) is 20.3. The molecule has 6 heteroatoms. The second-order valence-electron chi connectivity index (χ2n) is 10.9. The highest BCUT2D eigenvalue weighted by Gasteiger charge is 2.47. The lowest BCUT2D eigenvalue weighted by Crippen LogP contribution is -2.51. The van der Waals surface area contributed by atoms with Crippen molar-refractivity contribution in [2.45, 2.75) is 64.9 Å². The lowest BCUT2D eigenvalue weighted by molar-refractivity contribution is -0.132. The highest BCUT2D eigenvalue weighted by molar-refractivity contribution is 5.96. The Kier molecular flexibility index (Phi) is 12.6. The standard InChI is InChI=1S/C34H47N3O3/c1-3-22-37(23-4-2)32(39)29-19-13-20-34(25-29,33(35)40)30(24-28-17-9-6-10-18-28)31(38)26-36-21-12-11-16-27-14-7-5-8-15-27/h5-10,13-15,17-20,30-31,36,38H,3-4,11-12,16,21-26H2,1-2H3,(H2,35,40)/t30-,31+,34?/m1/s1. The molecule has 4 N–H and O–H groups in total. The number of carbonyl (C=O) groups is 2. The number of carbonyl (C=O) groups excluding carboxylic acids is 2. The number of aryl methyl sites for hydroxylation is 1. The van der Waals surface area contributed by atoms with Crippen molar-refractivity contribution in [3.8, 4) is 0 Å². The number of allylic oxidation sites excluding steroid dienone is 2. The third kappa shape index (κ3) is 8.64. The highest BCUT2D eigenvalue weighted by Crippen LogP contribution is 2.43. The molecule has 3 atom stereocenters. The first-order valence-electron chi connectivity index (χ1n) is 14.9. The summed E-state index contributed by atoms with van der Waals surface area (Å²) in [7, 11) is 0. The van der Waals surface area contributed by atoms with E-state index in [-0.39, 0.29) is 12.3 Å². The summed E-state index contributed by atoms with van der Waals surface area (Å²) in [5.74, 6) is -1.06. The zero-order valence-electron chi connectivity index (χ0n) is 24.2. The molecule has 6 nitrogen and oxygen atoms in total. The van der Waals surface area contributed by atoms with Gasteiger partial charge in [-0.2, -0.15) is 0 Å². The summed E-state index contributed by atoms with van der Waals surface area (Å²) < 4.78 is 0. The maximum Gasteiger partial charge on any atom is 0.249 e. The van der Waals surface area contributed by atoms with E-state index >= 15 is 0 Å². The van der Waals surface area contributed by atoms with Gasteiger partial charge in [0.15, 0.2) is 0 Å². The van der Waals surface area contributed by atoms with Crippen LogP contribution in [0.4, 0.5) is 0 Å². The minimum absolute atomic E-state index is 0.0526. The molecule has 0 spiro atoms. The summed E-state index contributed by atoms with van der Waals surface area (Å²) in [5, 5.41) is 15.0. The van der Waals surface area contributed by atoms with Crippen LogP contribution in [-0.2, 0) is 22.4 Å². The van der Waals surface area contributed by atoms with Gasteiger partial charge in [0.25, 0.3) is 0 Å². The molecule has 0 heterocycles. The van der Waals surface area contributed by atoms with Crippen molar-refractivity contribution in [1.82, 2.24) is 10.2 Å². The minimum atomic E-state index is -1.17. The Balaban J connectivity index is 1.74. The third-order valence-electron chi connectivity index (χ3n) is 7.87. The number of aliphatic hydroxyl groups excluding tert-OH is 1. The molecule has 0 aromatic heterocycles. The zero-order chi connectivity index (χ0) is 28.8. The van der Waals surface area contributed by atoms with E-state index in [9.17, 15) is 14.7 Å². The van der Waals surface area contributed by atoms with Gasteiger partial charge in [-0.05, 0) is 62.6 Å². The molecule has 0 saturated heterocycles. The van der Waals surface area contributed by atoms with Crippen molar-refractivity contribution in [3.05, 3.63) is 95.6 Å². The Morgan fingerprint density at radius 1 is 0.975 bits per heavy atom. The molecule has 1 aliphatic carbocycles. The average molecular weight is 546 g/mol. The predicted molar refractivity (Wildman–Crippen MR) is 163 cm³/mol. The van der Waals surface area contributed by atoms with Crippen LogP contribution in [0.15, 0.2) is 84.5 Å². The summed E-state index contributed by atoms with van der Waals surface area (Å²) in [6.07, 6.45) is 10.0. The molecule has 40 heavy (non-hydrogen) atoms. The molecule has 0 bridgehead atoms. The van der Waals surface area contributed by atoms with Crippen LogP contribution in [0.2, 0.25) is 0 Å². The number of amides is 2. The number of benzene rings is 2. The molecular formula is C34H47N3O3. The van der Waals surface area contributed by atoms with E-state index in [4.69, 9.17) is 5.73 Å². The Bertz CT molecular complexity index is 1110. The molecule has 1 aliphatic rings. The Labute approximate surface area is 240 Å². The second kappa shape index (κ2) is 16.1. The smallest absolute Gasteiger partial charge is 0.249 e. The molecule has 1 unspecified atom stereocenters. The van der Waals surface area contributed by atoms with Crippen LogP contribution in [0.25, 0.3) is 0 Å². The van der Waals surface area contributed by atoms with E-state index in [1.165, 1.54) is 5.56 Å². The molecule has 216 valence electrons. The second-order valence-corrected chi connectivity index (χ2v) is 10.9. The number of primary amides is 1. The van der Waals surface area contributed by atoms with Crippen LogP contribution < -0.4 is 11.1 Å². The van der Waals surface area contributed by atoms with Gasteiger partial charge in [0.2, 0.25) is 11.8 Å². The van der Waals surface area contributed by atoms with Gasteiger partial charge in [-0.3, -0.25) is 9.59 Å². The van der Waals surface area contributed by atoms with Crippen LogP contribution in [0, 0.1) is 11.3 Å².